The molecule has 0 bridgehead atoms. The first kappa shape index (κ1) is 25.7. The van der Waals surface area contributed by atoms with Gasteiger partial charge in [-0.1, -0.05) is 57.2 Å². The Morgan fingerprint density at radius 2 is 1.50 bits per heavy atom. The number of anilines is 1. The molecule has 2 heterocycles. The van der Waals surface area contributed by atoms with Crippen LogP contribution in [0.25, 0.3) is 0 Å². The normalized spacial score (nSPS) is 21.6. The molecular weight excluding hydrogens is 452 g/mol. The van der Waals surface area contributed by atoms with Crippen LogP contribution < -0.4 is 4.90 Å². The number of para-hydroxylation sites is 2. The van der Waals surface area contributed by atoms with E-state index in [0.29, 0.717) is 13.1 Å². The topological polar surface area (TPSA) is 80.9 Å². The van der Waals surface area contributed by atoms with E-state index in [2.05, 4.69) is 81.4 Å². The molecule has 2 aliphatic heterocycles. The number of rotatable bonds is 7. The van der Waals surface area contributed by atoms with Gasteiger partial charge in [-0.05, 0) is 37.8 Å². The highest BCUT2D eigenvalue weighted by atomic mass is 16.4. The highest BCUT2D eigenvalue weighted by Crippen LogP contribution is 2.57. The first-order chi connectivity index (χ1) is 16.8. The maximum absolute atomic E-state index is 11.6. The van der Waals surface area contributed by atoms with Crippen LogP contribution in [-0.2, 0) is 20.4 Å². The van der Waals surface area contributed by atoms with Gasteiger partial charge in [-0.3, -0.25) is 9.59 Å². The molecule has 0 amide bonds. The summed E-state index contributed by atoms with van der Waals surface area (Å²) >= 11 is 0. The third-order valence-corrected chi connectivity index (χ3v) is 8.21. The van der Waals surface area contributed by atoms with E-state index in [4.69, 9.17) is 0 Å². The van der Waals surface area contributed by atoms with E-state index in [1.54, 1.807) is 0 Å². The van der Waals surface area contributed by atoms with Crippen LogP contribution in [0.2, 0.25) is 0 Å². The molecular formula is C30H37N2O4+. The van der Waals surface area contributed by atoms with Gasteiger partial charge in [0, 0.05) is 41.1 Å². The molecule has 0 saturated heterocycles. The molecule has 0 aliphatic carbocycles. The van der Waals surface area contributed by atoms with Crippen molar-refractivity contribution in [2.75, 3.05) is 18.0 Å². The van der Waals surface area contributed by atoms with Crippen molar-refractivity contribution < 1.29 is 24.4 Å². The molecule has 1 unspecified atom stereocenters. The Bertz CT molecular complexity index is 1280. The van der Waals surface area contributed by atoms with E-state index in [1.807, 2.05) is 24.3 Å². The van der Waals surface area contributed by atoms with E-state index in [0.717, 1.165) is 28.3 Å². The van der Waals surface area contributed by atoms with E-state index >= 15 is 0 Å². The van der Waals surface area contributed by atoms with Crippen LogP contribution in [0.1, 0.15) is 65.5 Å². The van der Waals surface area contributed by atoms with Crippen molar-refractivity contribution in [3.05, 3.63) is 71.4 Å². The Morgan fingerprint density at radius 1 is 0.917 bits per heavy atom. The SMILES string of the molecule is CC1(C)C(/C=C2/N(CCC(=O)O)c3ccccc3C2(C)C(C)(C)C)=[N+](CCC(=O)O)c2ccccc21. The summed E-state index contributed by atoms with van der Waals surface area (Å²) in [6, 6.07) is 16.4. The molecule has 2 aromatic rings. The zero-order valence-electron chi connectivity index (χ0n) is 22.1. The van der Waals surface area contributed by atoms with Gasteiger partial charge in [-0.25, -0.2) is 0 Å². The van der Waals surface area contributed by atoms with Gasteiger partial charge in [0.25, 0.3) is 0 Å². The highest BCUT2D eigenvalue weighted by Gasteiger charge is 2.53. The molecule has 0 aromatic heterocycles. The predicted octanol–water partition coefficient (Wildman–Crippen LogP) is 5.72. The van der Waals surface area contributed by atoms with Crippen LogP contribution >= 0.6 is 0 Å². The Hall–Kier alpha value is -3.41. The van der Waals surface area contributed by atoms with Crippen molar-refractivity contribution in [2.24, 2.45) is 5.41 Å². The molecule has 2 aliphatic rings. The molecule has 2 aromatic carbocycles. The first-order valence-corrected chi connectivity index (χ1v) is 12.6. The third-order valence-electron chi connectivity index (χ3n) is 8.21. The maximum Gasteiger partial charge on any atom is 0.309 e. The third kappa shape index (κ3) is 4.02. The zero-order valence-corrected chi connectivity index (χ0v) is 22.1. The molecule has 4 rings (SSSR count). The van der Waals surface area contributed by atoms with Crippen LogP contribution in [0.4, 0.5) is 11.4 Å². The summed E-state index contributed by atoms with van der Waals surface area (Å²) in [4.78, 5) is 25.3. The van der Waals surface area contributed by atoms with Crippen molar-refractivity contribution in [3.63, 3.8) is 0 Å². The molecule has 6 heteroatoms. The molecule has 0 saturated carbocycles. The molecule has 1 atom stereocenters. The van der Waals surface area contributed by atoms with E-state index < -0.39 is 17.4 Å². The van der Waals surface area contributed by atoms with E-state index in [1.165, 1.54) is 5.56 Å². The minimum Gasteiger partial charge on any atom is -0.481 e. The zero-order chi connectivity index (χ0) is 26.5. The number of hydrogen-bond acceptors (Lipinski definition) is 3. The Balaban J connectivity index is 2.00. The fraction of sp³-hybridized carbons (Fsp3) is 0.433. The molecule has 0 spiro atoms. The summed E-state index contributed by atoms with van der Waals surface area (Å²) in [6.07, 6.45) is 2.26. The average Bonchev–Trinajstić information content (AvgIpc) is 3.17. The molecule has 0 fully saturated rings. The number of aliphatic carboxylic acids is 2. The fourth-order valence-corrected chi connectivity index (χ4v) is 5.81. The van der Waals surface area contributed by atoms with Crippen LogP contribution in [0, 0.1) is 5.41 Å². The minimum absolute atomic E-state index is 0.0214. The number of hydrogen-bond donors (Lipinski definition) is 2. The highest BCUT2D eigenvalue weighted by molar-refractivity contribution is 6.04. The van der Waals surface area contributed by atoms with Crippen LogP contribution in [0.15, 0.2) is 60.3 Å². The van der Waals surface area contributed by atoms with Gasteiger partial charge in [-0.2, -0.15) is 4.58 Å². The number of carboxylic acid groups (broad SMARTS) is 2. The summed E-state index contributed by atoms with van der Waals surface area (Å²) < 4.78 is 2.14. The van der Waals surface area contributed by atoms with Gasteiger partial charge in [-0.15, -0.1) is 0 Å². The van der Waals surface area contributed by atoms with Crippen molar-refractivity contribution in [1.29, 1.82) is 0 Å². The van der Waals surface area contributed by atoms with E-state index in [-0.39, 0.29) is 23.7 Å². The van der Waals surface area contributed by atoms with Gasteiger partial charge in [0.15, 0.2) is 12.3 Å². The maximum atomic E-state index is 11.6. The van der Waals surface area contributed by atoms with Crippen molar-refractivity contribution in [2.45, 2.75) is 65.2 Å². The van der Waals surface area contributed by atoms with Crippen molar-refractivity contribution >= 4 is 29.0 Å². The Labute approximate surface area is 213 Å². The second kappa shape index (κ2) is 8.91. The smallest absolute Gasteiger partial charge is 0.309 e. The number of nitrogens with zero attached hydrogens (tertiary/aromatic N) is 2. The van der Waals surface area contributed by atoms with Gasteiger partial charge in [0.2, 0.25) is 5.69 Å². The van der Waals surface area contributed by atoms with Crippen LogP contribution in [0.3, 0.4) is 0 Å². The molecule has 0 radical (unpaired) electrons. The molecule has 6 nitrogen and oxygen atoms in total. The molecule has 36 heavy (non-hydrogen) atoms. The number of allylic oxidation sites excluding steroid dienone is 2. The van der Waals surface area contributed by atoms with Gasteiger partial charge >= 0.3 is 11.9 Å². The second-order valence-electron chi connectivity index (χ2n) is 11.5. The number of fused-ring (bicyclic) bond motifs is 2. The lowest BCUT2D eigenvalue weighted by atomic mass is 9.63. The lowest BCUT2D eigenvalue weighted by Gasteiger charge is -2.41. The lowest BCUT2D eigenvalue weighted by Crippen LogP contribution is -2.41. The van der Waals surface area contributed by atoms with Crippen molar-refractivity contribution in [1.82, 2.24) is 0 Å². The minimum atomic E-state index is -0.833. The number of benzene rings is 2. The standard InChI is InChI=1S/C30H36N2O4/c1-28(2,3)30(6)21-12-8-10-14-23(21)32(18-16-27(35)36)25(30)19-24-29(4,5)20-11-7-9-13-22(20)31(24)17-15-26(33)34/h7-14,19H,15-18H2,1-6H3,(H-,33,34,35,36)/p+1. The van der Waals surface area contributed by atoms with Crippen molar-refractivity contribution in [3.8, 4) is 0 Å². The second-order valence-corrected chi connectivity index (χ2v) is 11.5. The Kier molecular flexibility index (Phi) is 6.36. The number of carboxylic acids is 2. The summed E-state index contributed by atoms with van der Waals surface area (Å²) in [7, 11) is 0. The molecule has 190 valence electrons. The quantitative estimate of drug-likeness (QED) is 0.486. The van der Waals surface area contributed by atoms with Crippen LogP contribution in [-0.4, -0.2) is 45.5 Å². The summed E-state index contributed by atoms with van der Waals surface area (Å²) in [6.45, 7) is 14.0. The van der Waals surface area contributed by atoms with Crippen LogP contribution in [0.5, 0.6) is 0 Å². The largest absolute Gasteiger partial charge is 0.481 e. The summed E-state index contributed by atoms with van der Waals surface area (Å²) in [5, 5.41) is 19.0. The first-order valence-electron chi connectivity index (χ1n) is 12.6. The number of carbonyl (C=O) groups is 2. The predicted molar refractivity (Wildman–Crippen MR) is 142 cm³/mol. The lowest BCUT2D eigenvalue weighted by molar-refractivity contribution is -0.436. The fourth-order valence-electron chi connectivity index (χ4n) is 5.81. The molecule has 2 N–H and O–H groups in total. The monoisotopic (exact) mass is 489 g/mol. The Morgan fingerprint density at radius 3 is 2.11 bits per heavy atom. The van der Waals surface area contributed by atoms with Gasteiger partial charge in [0.1, 0.15) is 6.42 Å². The average molecular weight is 490 g/mol. The van der Waals surface area contributed by atoms with E-state index in [9.17, 15) is 19.8 Å². The summed E-state index contributed by atoms with van der Waals surface area (Å²) in [5.74, 6) is -1.67. The van der Waals surface area contributed by atoms with Gasteiger partial charge < -0.3 is 15.1 Å². The summed E-state index contributed by atoms with van der Waals surface area (Å²) in [5.41, 5.74) is 5.57. The van der Waals surface area contributed by atoms with Gasteiger partial charge in [0.05, 0.1) is 11.8 Å².